The van der Waals surface area contributed by atoms with E-state index in [0.29, 0.717) is 38.2 Å². The standard InChI is InChI=1S/C19H26N4O2/c1-14-11-17(15(2)20-14)12-18(24)22-6-4-7-23(10-9-22)19(25)16-5-8-21(3)13-16/h5,8,11,13,20H,4,6-7,9-10,12H2,1-3H3. The summed E-state index contributed by atoms with van der Waals surface area (Å²) in [6, 6.07) is 3.88. The van der Waals surface area contributed by atoms with Crippen LogP contribution in [0, 0.1) is 13.8 Å². The van der Waals surface area contributed by atoms with Crippen molar-refractivity contribution >= 4 is 11.8 Å². The summed E-state index contributed by atoms with van der Waals surface area (Å²) in [5, 5.41) is 0. The number of nitrogens with zero attached hydrogens (tertiary/aromatic N) is 3. The number of carbonyl (C=O) groups is 2. The summed E-state index contributed by atoms with van der Waals surface area (Å²) in [5.41, 5.74) is 3.90. The fraction of sp³-hybridized carbons (Fsp3) is 0.474. The largest absolute Gasteiger partial charge is 0.362 e. The van der Waals surface area contributed by atoms with E-state index in [9.17, 15) is 9.59 Å². The van der Waals surface area contributed by atoms with Gasteiger partial charge < -0.3 is 19.4 Å². The molecule has 6 nitrogen and oxygen atoms in total. The summed E-state index contributed by atoms with van der Waals surface area (Å²) in [6.45, 7) is 6.59. The van der Waals surface area contributed by atoms with Crippen LogP contribution >= 0.6 is 0 Å². The van der Waals surface area contributed by atoms with Gasteiger partial charge in [0.2, 0.25) is 5.91 Å². The van der Waals surface area contributed by atoms with E-state index in [0.717, 1.165) is 23.4 Å². The van der Waals surface area contributed by atoms with Crippen LogP contribution in [0.15, 0.2) is 24.5 Å². The number of H-pyrrole nitrogens is 1. The Labute approximate surface area is 148 Å². The Balaban J connectivity index is 1.60. The lowest BCUT2D eigenvalue weighted by Gasteiger charge is -2.22. The number of aromatic nitrogens is 2. The maximum Gasteiger partial charge on any atom is 0.255 e. The Morgan fingerprint density at radius 3 is 2.48 bits per heavy atom. The van der Waals surface area contributed by atoms with Crippen LogP contribution in [-0.2, 0) is 18.3 Å². The van der Waals surface area contributed by atoms with Crippen molar-refractivity contribution in [1.29, 1.82) is 0 Å². The maximum absolute atomic E-state index is 12.6. The Bertz CT molecular complexity index is 774. The molecule has 0 radical (unpaired) electrons. The SMILES string of the molecule is Cc1cc(CC(=O)N2CCCN(C(=O)c3ccn(C)c3)CC2)c(C)[nH]1. The molecule has 0 aliphatic carbocycles. The van der Waals surface area contributed by atoms with E-state index in [1.165, 1.54) is 0 Å². The zero-order valence-electron chi connectivity index (χ0n) is 15.2. The van der Waals surface area contributed by atoms with Crippen LogP contribution in [-0.4, -0.2) is 57.3 Å². The minimum absolute atomic E-state index is 0.0482. The molecule has 1 fully saturated rings. The second kappa shape index (κ2) is 7.17. The Morgan fingerprint density at radius 1 is 1.12 bits per heavy atom. The molecule has 2 amide bonds. The van der Waals surface area contributed by atoms with Crippen LogP contribution in [0.3, 0.4) is 0 Å². The average Bonchev–Trinajstić information content (AvgIpc) is 3.03. The highest BCUT2D eigenvalue weighted by molar-refractivity contribution is 5.94. The number of rotatable bonds is 3. The van der Waals surface area contributed by atoms with E-state index >= 15 is 0 Å². The molecular weight excluding hydrogens is 316 g/mol. The van der Waals surface area contributed by atoms with Crippen molar-refractivity contribution < 1.29 is 9.59 Å². The van der Waals surface area contributed by atoms with E-state index in [1.54, 1.807) is 0 Å². The first-order chi connectivity index (χ1) is 11.9. The predicted molar refractivity (Wildman–Crippen MR) is 96.5 cm³/mol. The van der Waals surface area contributed by atoms with Crippen molar-refractivity contribution in [2.24, 2.45) is 7.05 Å². The van der Waals surface area contributed by atoms with Crippen LogP contribution in [0.1, 0.15) is 33.7 Å². The Morgan fingerprint density at radius 2 is 1.84 bits per heavy atom. The minimum Gasteiger partial charge on any atom is -0.362 e. The van der Waals surface area contributed by atoms with Crippen molar-refractivity contribution in [3.8, 4) is 0 Å². The summed E-state index contributed by atoms with van der Waals surface area (Å²) in [4.78, 5) is 32.2. The topological polar surface area (TPSA) is 61.3 Å². The molecule has 0 unspecified atom stereocenters. The first-order valence-electron chi connectivity index (χ1n) is 8.78. The van der Waals surface area contributed by atoms with E-state index in [4.69, 9.17) is 0 Å². The summed E-state index contributed by atoms with van der Waals surface area (Å²) < 4.78 is 1.88. The van der Waals surface area contributed by atoms with Crippen molar-refractivity contribution in [2.45, 2.75) is 26.7 Å². The van der Waals surface area contributed by atoms with Crippen LogP contribution in [0.4, 0.5) is 0 Å². The molecule has 0 saturated carbocycles. The van der Waals surface area contributed by atoms with Gasteiger partial charge in [0, 0.05) is 57.0 Å². The lowest BCUT2D eigenvalue weighted by molar-refractivity contribution is -0.130. The lowest BCUT2D eigenvalue weighted by Crippen LogP contribution is -2.37. The van der Waals surface area contributed by atoms with E-state index < -0.39 is 0 Å². The second-order valence-electron chi connectivity index (χ2n) is 6.87. The third kappa shape index (κ3) is 3.95. The monoisotopic (exact) mass is 342 g/mol. The summed E-state index contributed by atoms with van der Waals surface area (Å²) in [6.07, 6.45) is 4.95. The molecule has 2 aromatic rings. The van der Waals surface area contributed by atoms with Crippen molar-refractivity contribution in [2.75, 3.05) is 26.2 Å². The van der Waals surface area contributed by atoms with Crippen molar-refractivity contribution in [1.82, 2.24) is 19.4 Å². The Kier molecular flexibility index (Phi) is 4.97. The molecule has 1 aliphatic heterocycles. The van der Waals surface area contributed by atoms with Crippen LogP contribution in [0.5, 0.6) is 0 Å². The molecule has 0 atom stereocenters. The summed E-state index contributed by atoms with van der Waals surface area (Å²) in [7, 11) is 1.91. The molecule has 0 aromatic carbocycles. The first-order valence-corrected chi connectivity index (χ1v) is 8.78. The van der Waals surface area contributed by atoms with Crippen molar-refractivity contribution in [3.63, 3.8) is 0 Å². The molecule has 134 valence electrons. The predicted octanol–water partition coefficient (Wildman–Crippen LogP) is 1.89. The lowest BCUT2D eigenvalue weighted by atomic mass is 10.1. The molecule has 0 spiro atoms. The third-order valence-corrected chi connectivity index (χ3v) is 4.81. The van der Waals surface area contributed by atoms with Gasteiger partial charge in [-0.3, -0.25) is 9.59 Å². The van der Waals surface area contributed by atoms with Gasteiger partial charge >= 0.3 is 0 Å². The van der Waals surface area contributed by atoms with E-state index in [2.05, 4.69) is 4.98 Å². The highest BCUT2D eigenvalue weighted by Crippen LogP contribution is 2.14. The number of carbonyl (C=O) groups excluding carboxylic acids is 2. The van der Waals surface area contributed by atoms with E-state index in [1.807, 2.05) is 59.8 Å². The smallest absolute Gasteiger partial charge is 0.255 e. The highest BCUT2D eigenvalue weighted by atomic mass is 16.2. The third-order valence-electron chi connectivity index (χ3n) is 4.81. The van der Waals surface area contributed by atoms with Gasteiger partial charge in [-0.2, -0.15) is 0 Å². The van der Waals surface area contributed by atoms with Gasteiger partial charge in [-0.15, -0.1) is 0 Å². The Hall–Kier alpha value is -2.50. The molecule has 3 rings (SSSR count). The van der Waals surface area contributed by atoms with E-state index in [-0.39, 0.29) is 11.8 Å². The van der Waals surface area contributed by atoms with Gasteiger partial charge in [0.15, 0.2) is 0 Å². The summed E-state index contributed by atoms with van der Waals surface area (Å²) in [5.74, 6) is 0.183. The number of nitrogens with one attached hydrogen (secondary N) is 1. The number of aryl methyl sites for hydroxylation is 3. The normalized spacial score (nSPS) is 15.3. The zero-order valence-corrected chi connectivity index (χ0v) is 15.2. The summed E-state index contributed by atoms with van der Waals surface area (Å²) >= 11 is 0. The molecule has 6 heteroatoms. The highest BCUT2D eigenvalue weighted by Gasteiger charge is 2.23. The number of amides is 2. The molecule has 1 N–H and O–H groups in total. The van der Waals surface area contributed by atoms with Crippen molar-refractivity contribution in [3.05, 3.63) is 47.0 Å². The molecule has 3 heterocycles. The minimum atomic E-state index is 0.0482. The van der Waals surface area contributed by atoms with Gasteiger partial charge in [0.25, 0.3) is 5.91 Å². The van der Waals surface area contributed by atoms with Gasteiger partial charge in [-0.25, -0.2) is 0 Å². The quantitative estimate of drug-likeness (QED) is 0.926. The van der Waals surface area contributed by atoms with Crippen LogP contribution in [0.25, 0.3) is 0 Å². The number of aromatic amines is 1. The fourth-order valence-corrected chi connectivity index (χ4v) is 3.42. The fourth-order valence-electron chi connectivity index (χ4n) is 3.42. The zero-order chi connectivity index (χ0) is 18.0. The number of hydrogen-bond acceptors (Lipinski definition) is 2. The van der Waals surface area contributed by atoms with Gasteiger partial charge in [-0.1, -0.05) is 0 Å². The number of hydrogen-bond donors (Lipinski definition) is 1. The van der Waals surface area contributed by atoms with Crippen LogP contribution < -0.4 is 0 Å². The molecular formula is C19H26N4O2. The van der Waals surface area contributed by atoms with Gasteiger partial charge in [0.1, 0.15) is 0 Å². The van der Waals surface area contributed by atoms with Crippen LogP contribution in [0.2, 0.25) is 0 Å². The average molecular weight is 342 g/mol. The van der Waals surface area contributed by atoms with Gasteiger partial charge in [0.05, 0.1) is 12.0 Å². The molecule has 1 saturated heterocycles. The molecule has 2 aromatic heterocycles. The first kappa shape index (κ1) is 17.3. The molecule has 25 heavy (non-hydrogen) atoms. The second-order valence-corrected chi connectivity index (χ2v) is 6.87. The maximum atomic E-state index is 12.6. The molecule has 0 bridgehead atoms. The molecule has 1 aliphatic rings. The van der Waals surface area contributed by atoms with Gasteiger partial charge in [-0.05, 0) is 38.0 Å².